The zero-order valence-electron chi connectivity index (χ0n) is 36.5. The second-order valence-electron chi connectivity index (χ2n) is 16.8. The van der Waals surface area contributed by atoms with Gasteiger partial charge in [0.15, 0.2) is 0 Å². The Labute approximate surface area is 374 Å². The van der Waals surface area contributed by atoms with Crippen LogP contribution in [-0.2, 0) is 26.5 Å². The van der Waals surface area contributed by atoms with E-state index in [1.54, 1.807) is 6.20 Å². The fraction of sp³-hybridized carbons (Fsp3) is 0.164. The molecule has 303 valence electrons. The number of aromatic nitrogens is 2. The summed E-state index contributed by atoms with van der Waals surface area (Å²) < 4.78 is 30.3. The molecular formula is C55H46IrN2O2Si-2. The summed E-state index contributed by atoms with van der Waals surface area (Å²) in [5.74, 6) is 0.0649. The van der Waals surface area contributed by atoms with Gasteiger partial charge < -0.3 is 18.8 Å². The van der Waals surface area contributed by atoms with Gasteiger partial charge in [0.2, 0.25) is 0 Å². The number of hydrogen-bond acceptors (Lipinski definition) is 4. The third kappa shape index (κ3) is 8.16. The van der Waals surface area contributed by atoms with Crippen LogP contribution < -0.4 is 5.19 Å². The van der Waals surface area contributed by atoms with Gasteiger partial charge in [-0.15, -0.1) is 30.3 Å². The van der Waals surface area contributed by atoms with Crippen molar-refractivity contribution in [3.05, 3.63) is 176 Å². The third-order valence-corrected chi connectivity index (χ3v) is 13.7. The standard InChI is InChI=1S/C29H24NO.C26H22NOSi.Ir/c1-2-9-22(10-3-1)23-13-14-24-25-11-6-12-26(29(25)31-28(24)19-23)27-18-21(15-16-30-27)17-20-7-4-5-8-20;1-29(2,3)19-13-16-23(27-17-19)21-15-14-20(18-9-5-4-6-10-18)25-22-11-7-8-12-24(22)28-26(21)25;/h1-3,6,9-11,13-16,18-20H,4-5,7-8,17H2;4-14,16-17H,1-3H3;/q2*-1;/i17D2;;. The van der Waals surface area contributed by atoms with Crippen LogP contribution in [0.15, 0.2) is 167 Å². The van der Waals surface area contributed by atoms with Gasteiger partial charge in [0.05, 0.1) is 19.2 Å². The largest absolute Gasteiger partial charge is 0.501 e. The second-order valence-corrected chi connectivity index (χ2v) is 21.8. The molecule has 1 aliphatic carbocycles. The van der Waals surface area contributed by atoms with Crippen molar-refractivity contribution < 1.29 is 31.7 Å². The number of fused-ring (bicyclic) bond motifs is 6. The van der Waals surface area contributed by atoms with E-state index in [1.807, 2.05) is 66.9 Å². The number of rotatable bonds is 7. The van der Waals surface area contributed by atoms with Crippen molar-refractivity contribution in [1.82, 2.24) is 9.97 Å². The first-order valence-electron chi connectivity index (χ1n) is 21.9. The molecule has 0 atom stereocenters. The number of hydrogen-bond donors (Lipinski definition) is 0. The first-order valence-corrected chi connectivity index (χ1v) is 24.4. The number of benzene rings is 6. The maximum Gasteiger partial charge on any atom is 0.121 e. The molecule has 0 spiro atoms. The normalized spacial score (nSPS) is 13.8. The molecule has 4 nitrogen and oxygen atoms in total. The molecule has 1 fully saturated rings. The average molecular weight is 989 g/mol. The van der Waals surface area contributed by atoms with Crippen LogP contribution in [0.5, 0.6) is 0 Å². The van der Waals surface area contributed by atoms with E-state index in [1.165, 1.54) is 5.19 Å². The minimum atomic E-state index is -1.39. The Morgan fingerprint density at radius 1 is 0.639 bits per heavy atom. The molecule has 10 aromatic rings. The van der Waals surface area contributed by atoms with Gasteiger partial charge in [-0.3, -0.25) is 0 Å². The molecule has 0 bridgehead atoms. The summed E-state index contributed by atoms with van der Waals surface area (Å²) in [4.78, 5) is 9.36. The molecule has 4 heterocycles. The van der Waals surface area contributed by atoms with Gasteiger partial charge in [-0.1, -0.05) is 188 Å². The number of nitrogens with zero attached hydrogens (tertiary/aromatic N) is 2. The summed E-state index contributed by atoms with van der Waals surface area (Å²) in [7, 11) is -1.39. The summed E-state index contributed by atoms with van der Waals surface area (Å²) in [6.07, 6.45) is 6.48. The number of para-hydroxylation sites is 1. The third-order valence-electron chi connectivity index (χ3n) is 11.7. The summed E-state index contributed by atoms with van der Waals surface area (Å²) in [6.45, 7) is 7.01. The number of furan rings is 2. The Morgan fingerprint density at radius 3 is 2.11 bits per heavy atom. The van der Waals surface area contributed by atoms with Crippen LogP contribution in [0.1, 0.15) is 34.0 Å². The summed E-state index contributed by atoms with van der Waals surface area (Å²) in [6, 6.07) is 56.0. The Kier molecular flexibility index (Phi) is 10.7. The molecule has 0 amide bonds. The van der Waals surface area contributed by atoms with Crippen LogP contribution in [0.25, 0.3) is 88.6 Å². The van der Waals surface area contributed by atoms with Crippen molar-refractivity contribution in [2.75, 3.05) is 0 Å². The minimum Gasteiger partial charge on any atom is -0.501 e. The molecule has 61 heavy (non-hydrogen) atoms. The van der Waals surface area contributed by atoms with E-state index in [2.05, 4.69) is 122 Å². The smallest absolute Gasteiger partial charge is 0.121 e. The maximum atomic E-state index is 8.78. The monoisotopic (exact) mass is 989 g/mol. The van der Waals surface area contributed by atoms with Gasteiger partial charge in [-0.2, -0.15) is 0 Å². The first-order chi connectivity index (χ1) is 30.1. The molecule has 0 N–H and O–H groups in total. The van der Waals surface area contributed by atoms with Crippen molar-refractivity contribution in [3.8, 4) is 44.8 Å². The predicted octanol–water partition coefficient (Wildman–Crippen LogP) is 14.5. The van der Waals surface area contributed by atoms with Crippen LogP contribution in [0.2, 0.25) is 19.6 Å². The van der Waals surface area contributed by atoms with E-state index < -0.39 is 14.4 Å². The van der Waals surface area contributed by atoms with Crippen molar-refractivity contribution in [2.24, 2.45) is 5.92 Å². The Balaban J connectivity index is 0.000000159. The molecular weight excluding hydrogens is 941 g/mol. The molecule has 0 saturated heterocycles. The topological polar surface area (TPSA) is 52.1 Å². The van der Waals surface area contributed by atoms with Gasteiger partial charge in [0, 0.05) is 46.0 Å². The van der Waals surface area contributed by atoms with E-state index in [9.17, 15) is 0 Å². The van der Waals surface area contributed by atoms with Gasteiger partial charge in [-0.25, -0.2) is 0 Å². The Bertz CT molecular complexity index is 3210. The quantitative estimate of drug-likeness (QED) is 0.118. The summed E-state index contributed by atoms with van der Waals surface area (Å²) >= 11 is 0. The molecule has 6 heteroatoms. The number of pyridine rings is 2. The SMILES string of the molecule is C[Si](C)(C)c1ccc(-c2[c-]cc(-c3ccccc3)c3c2oc2ccccc23)nc1.[2H]C([2H])(c1ccnc(-c2[c-]ccc3c2oc2cc(-c4ccccc4)ccc23)c1)C1CCCC1.[Ir]. The zero-order valence-corrected chi connectivity index (χ0v) is 37.9. The predicted molar refractivity (Wildman–Crippen MR) is 251 cm³/mol. The van der Waals surface area contributed by atoms with Crippen molar-refractivity contribution >= 4 is 57.1 Å². The second kappa shape index (κ2) is 17.2. The molecule has 1 radical (unpaired) electrons. The molecule has 1 aliphatic rings. The van der Waals surface area contributed by atoms with Crippen LogP contribution in [-0.4, -0.2) is 18.0 Å². The summed E-state index contributed by atoms with van der Waals surface area (Å²) in [5, 5.41) is 5.66. The van der Waals surface area contributed by atoms with Crippen LogP contribution in [0, 0.1) is 18.1 Å². The Hall–Kier alpha value is -5.91. The van der Waals surface area contributed by atoms with Crippen LogP contribution >= 0.6 is 0 Å². The van der Waals surface area contributed by atoms with Gasteiger partial charge in [0.1, 0.15) is 11.2 Å². The van der Waals surface area contributed by atoms with Gasteiger partial charge >= 0.3 is 0 Å². The van der Waals surface area contributed by atoms with Crippen molar-refractivity contribution in [3.63, 3.8) is 0 Å². The molecule has 1 saturated carbocycles. The van der Waals surface area contributed by atoms with E-state index in [0.29, 0.717) is 11.3 Å². The fourth-order valence-corrected chi connectivity index (χ4v) is 9.53. The van der Waals surface area contributed by atoms with Crippen molar-refractivity contribution in [2.45, 2.75) is 51.7 Å². The molecule has 11 rings (SSSR count). The van der Waals surface area contributed by atoms with Crippen molar-refractivity contribution in [1.29, 1.82) is 0 Å². The molecule has 4 aromatic heterocycles. The van der Waals surface area contributed by atoms with Gasteiger partial charge in [-0.05, 0) is 63.6 Å². The fourth-order valence-electron chi connectivity index (χ4n) is 8.50. The van der Waals surface area contributed by atoms with E-state index in [-0.39, 0.29) is 26.0 Å². The first kappa shape index (κ1) is 38.0. The van der Waals surface area contributed by atoms with Crippen LogP contribution in [0.4, 0.5) is 0 Å². The van der Waals surface area contributed by atoms with Gasteiger partial charge in [0.25, 0.3) is 0 Å². The molecule has 0 aliphatic heterocycles. The van der Waals surface area contributed by atoms with E-state index in [4.69, 9.17) is 16.6 Å². The minimum absolute atomic E-state index is 0. The molecule has 0 unspecified atom stereocenters. The van der Waals surface area contributed by atoms with E-state index in [0.717, 1.165) is 109 Å². The van der Waals surface area contributed by atoms with E-state index >= 15 is 0 Å². The maximum absolute atomic E-state index is 8.78. The summed E-state index contributed by atoms with van der Waals surface area (Å²) in [5.41, 5.74) is 11.8. The zero-order chi connectivity index (χ0) is 42.4. The molecule has 6 aromatic carbocycles. The average Bonchev–Trinajstić information content (AvgIpc) is 4.08. The van der Waals surface area contributed by atoms with Crippen LogP contribution in [0.3, 0.4) is 0 Å². The Morgan fingerprint density at radius 2 is 1.36 bits per heavy atom.